The molecule has 0 aliphatic carbocycles. The fourth-order valence-electron chi connectivity index (χ4n) is 1.47. The molecule has 0 amide bonds. The lowest BCUT2D eigenvalue weighted by Gasteiger charge is -2.10. The van der Waals surface area contributed by atoms with Crippen LogP contribution in [0, 0.1) is 0 Å². The summed E-state index contributed by atoms with van der Waals surface area (Å²) >= 11 is 0. The number of hydrogen-bond acceptors (Lipinski definition) is 2. The van der Waals surface area contributed by atoms with Crippen molar-refractivity contribution in [2.45, 2.75) is 19.8 Å². The van der Waals surface area contributed by atoms with Crippen molar-refractivity contribution in [3.8, 4) is 11.5 Å². The van der Waals surface area contributed by atoms with Crippen LogP contribution in [0.15, 0.2) is 18.2 Å². The van der Waals surface area contributed by atoms with E-state index in [0.29, 0.717) is 6.61 Å². The zero-order valence-electron chi connectivity index (χ0n) is 9.58. The predicted molar refractivity (Wildman–Crippen MR) is 60.2 cm³/mol. The molecule has 0 spiro atoms. The zero-order chi connectivity index (χ0) is 11.1. The zero-order valence-corrected chi connectivity index (χ0v) is 9.58. The lowest BCUT2D eigenvalue weighted by Crippen LogP contribution is -2.50. The highest BCUT2D eigenvalue weighted by molar-refractivity contribution is 5.42. The number of rotatable bonds is 6. The van der Waals surface area contributed by atoms with Gasteiger partial charge in [-0.25, -0.2) is 0 Å². The van der Waals surface area contributed by atoms with Gasteiger partial charge in [0.05, 0.1) is 20.3 Å². The molecule has 1 aromatic rings. The average Bonchev–Trinajstić information content (AvgIpc) is 2.28. The van der Waals surface area contributed by atoms with Gasteiger partial charge in [-0.1, -0.05) is 6.07 Å². The molecule has 3 N–H and O–H groups in total. The van der Waals surface area contributed by atoms with E-state index < -0.39 is 0 Å². The summed E-state index contributed by atoms with van der Waals surface area (Å²) in [4.78, 5) is 0. The van der Waals surface area contributed by atoms with Gasteiger partial charge in [0.1, 0.15) is 0 Å². The number of hydrogen-bond donors (Lipinski definition) is 1. The van der Waals surface area contributed by atoms with Crippen LogP contribution < -0.4 is 15.2 Å². The van der Waals surface area contributed by atoms with Crippen LogP contribution >= 0.6 is 0 Å². The molecule has 0 saturated heterocycles. The van der Waals surface area contributed by atoms with E-state index in [9.17, 15) is 0 Å². The van der Waals surface area contributed by atoms with Gasteiger partial charge in [-0.2, -0.15) is 0 Å². The first-order valence-corrected chi connectivity index (χ1v) is 5.40. The van der Waals surface area contributed by atoms with E-state index in [2.05, 4.69) is 11.8 Å². The normalized spacial score (nSPS) is 10.1. The Morgan fingerprint density at radius 3 is 2.67 bits per heavy atom. The first-order valence-electron chi connectivity index (χ1n) is 5.40. The van der Waals surface area contributed by atoms with Crippen LogP contribution in [-0.2, 0) is 6.42 Å². The van der Waals surface area contributed by atoms with E-state index in [1.165, 1.54) is 5.56 Å². The summed E-state index contributed by atoms with van der Waals surface area (Å²) in [6, 6.07) is 6.10. The molecule has 3 heteroatoms. The van der Waals surface area contributed by atoms with Crippen LogP contribution in [-0.4, -0.2) is 20.3 Å². The topological polar surface area (TPSA) is 46.1 Å². The molecular formula is C12H20NO2+. The molecule has 0 radical (unpaired) electrons. The van der Waals surface area contributed by atoms with E-state index in [0.717, 1.165) is 30.9 Å². The molecule has 1 rings (SSSR count). The molecule has 0 heterocycles. The molecule has 0 atom stereocenters. The smallest absolute Gasteiger partial charge is 0.161 e. The van der Waals surface area contributed by atoms with Gasteiger partial charge in [-0.15, -0.1) is 0 Å². The van der Waals surface area contributed by atoms with Crippen molar-refractivity contribution in [3.63, 3.8) is 0 Å². The largest absolute Gasteiger partial charge is 0.493 e. The van der Waals surface area contributed by atoms with E-state index in [-0.39, 0.29) is 0 Å². The van der Waals surface area contributed by atoms with Crippen molar-refractivity contribution in [3.05, 3.63) is 23.8 Å². The molecule has 0 fully saturated rings. The number of ether oxygens (including phenoxy) is 2. The van der Waals surface area contributed by atoms with E-state index in [1.54, 1.807) is 7.11 Å². The van der Waals surface area contributed by atoms with Gasteiger partial charge >= 0.3 is 0 Å². The SMILES string of the molecule is CCOc1ccc(CCC[NH3+])cc1OC. The average molecular weight is 210 g/mol. The van der Waals surface area contributed by atoms with Gasteiger partial charge in [-0.3, -0.25) is 0 Å². The summed E-state index contributed by atoms with van der Waals surface area (Å²) in [5, 5.41) is 0. The van der Waals surface area contributed by atoms with E-state index >= 15 is 0 Å². The molecule has 1 aromatic carbocycles. The first kappa shape index (κ1) is 11.9. The summed E-state index contributed by atoms with van der Waals surface area (Å²) in [5.74, 6) is 1.64. The Labute approximate surface area is 91.2 Å². The highest BCUT2D eigenvalue weighted by Crippen LogP contribution is 2.28. The number of aryl methyl sites for hydroxylation is 1. The van der Waals surface area contributed by atoms with Crippen LogP contribution in [0.25, 0.3) is 0 Å². The maximum atomic E-state index is 5.45. The summed E-state index contributed by atoms with van der Waals surface area (Å²) in [5.41, 5.74) is 5.11. The maximum absolute atomic E-state index is 5.45. The second-order valence-corrected chi connectivity index (χ2v) is 3.38. The molecule has 0 bridgehead atoms. The van der Waals surface area contributed by atoms with Crippen LogP contribution in [0.5, 0.6) is 11.5 Å². The molecule has 0 aliphatic rings. The number of benzene rings is 1. The van der Waals surface area contributed by atoms with Crippen molar-refractivity contribution >= 4 is 0 Å². The fraction of sp³-hybridized carbons (Fsp3) is 0.500. The van der Waals surface area contributed by atoms with Crippen LogP contribution in [0.3, 0.4) is 0 Å². The quantitative estimate of drug-likeness (QED) is 0.768. The lowest BCUT2D eigenvalue weighted by atomic mass is 10.1. The number of methoxy groups -OCH3 is 1. The lowest BCUT2D eigenvalue weighted by molar-refractivity contribution is -0.368. The Kier molecular flexibility index (Phi) is 4.98. The second kappa shape index (κ2) is 6.30. The monoisotopic (exact) mass is 210 g/mol. The minimum Gasteiger partial charge on any atom is -0.493 e. The Balaban J connectivity index is 2.77. The van der Waals surface area contributed by atoms with Gasteiger partial charge in [0.25, 0.3) is 0 Å². The first-order chi connectivity index (χ1) is 7.31. The van der Waals surface area contributed by atoms with Crippen molar-refractivity contribution in [2.24, 2.45) is 0 Å². The molecule has 84 valence electrons. The fourth-order valence-corrected chi connectivity index (χ4v) is 1.47. The Morgan fingerprint density at radius 2 is 2.07 bits per heavy atom. The van der Waals surface area contributed by atoms with Gasteiger partial charge in [0.15, 0.2) is 11.5 Å². The molecule has 0 aliphatic heterocycles. The maximum Gasteiger partial charge on any atom is 0.161 e. The molecule has 0 saturated carbocycles. The third-order valence-electron chi connectivity index (χ3n) is 2.24. The standard InChI is InChI=1S/C12H19NO2/c1-3-15-11-7-6-10(5-4-8-13)9-12(11)14-2/h6-7,9H,3-5,8,13H2,1-2H3/p+1. The minimum absolute atomic E-state index is 0.661. The van der Waals surface area contributed by atoms with Gasteiger partial charge in [0, 0.05) is 6.42 Å². The summed E-state index contributed by atoms with van der Waals surface area (Å²) in [7, 11) is 1.67. The summed E-state index contributed by atoms with van der Waals surface area (Å²) < 4.78 is 10.7. The Hall–Kier alpha value is -1.22. The predicted octanol–water partition coefficient (Wildman–Crippen LogP) is 1.27. The van der Waals surface area contributed by atoms with Crippen molar-refractivity contribution in [2.75, 3.05) is 20.3 Å². The Morgan fingerprint density at radius 1 is 1.27 bits per heavy atom. The molecule has 15 heavy (non-hydrogen) atoms. The molecule has 3 nitrogen and oxygen atoms in total. The third kappa shape index (κ3) is 3.44. The van der Waals surface area contributed by atoms with Gasteiger partial charge in [-0.05, 0) is 31.0 Å². The second-order valence-electron chi connectivity index (χ2n) is 3.38. The minimum atomic E-state index is 0.661. The van der Waals surface area contributed by atoms with Crippen molar-refractivity contribution < 1.29 is 15.2 Å². The van der Waals surface area contributed by atoms with Gasteiger partial charge < -0.3 is 15.2 Å². The summed E-state index contributed by atoms with van der Waals surface area (Å²) in [6.07, 6.45) is 2.16. The molecule has 0 unspecified atom stereocenters. The van der Waals surface area contributed by atoms with Crippen LogP contribution in [0.4, 0.5) is 0 Å². The van der Waals surface area contributed by atoms with Crippen LogP contribution in [0.2, 0.25) is 0 Å². The molecule has 0 aromatic heterocycles. The van der Waals surface area contributed by atoms with E-state index in [1.807, 2.05) is 19.1 Å². The highest BCUT2D eigenvalue weighted by Gasteiger charge is 2.04. The Bertz CT molecular complexity index is 300. The van der Waals surface area contributed by atoms with Crippen molar-refractivity contribution in [1.82, 2.24) is 0 Å². The van der Waals surface area contributed by atoms with Crippen molar-refractivity contribution in [1.29, 1.82) is 0 Å². The molecular weight excluding hydrogens is 190 g/mol. The van der Waals surface area contributed by atoms with E-state index in [4.69, 9.17) is 9.47 Å². The highest BCUT2D eigenvalue weighted by atomic mass is 16.5. The number of quaternary nitrogens is 1. The van der Waals surface area contributed by atoms with Crippen LogP contribution in [0.1, 0.15) is 18.9 Å². The van der Waals surface area contributed by atoms with Gasteiger partial charge in [0.2, 0.25) is 0 Å². The summed E-state index contributed by atoms with van der Waals surface area (Å²) in [6.45, 7) is 3.60. The third-order valence-corrected chi connectivity index (χ3v) is 2.24.